The Hall–Kier alpha value is -0.0800. The van der Waals surface area contributed by atoms with Crippen LogP contribution in [0.25, 0.3) is 0 Å². The van der Waals surface area contributed by atoms with Crippen molar-refractivity contribution in [3.63, 3.8) is 0 Å². The van der Waals surface area contributed by atoms with Crippen molar-refractivity contribution < 1.29 is 5.11 Å². The molecule has 2 heteroatoms. The second-order valence-electron chi connectivity index (χ2n) is 4.09. The van der Waals surface area contributed by atoms with Crippen LogP contribution >= 0.6 is 0 Å². The van der Waals surface area contributed by atoms with Crippen molar-refractivity contribution in [2.45, 2.75) is 45.3 Å². The van der Waals surface area contributed by atoms with Crippen LogP contribution in [0.15, 0.2) is 0 Å². The Morgan fingerprint density at radius 3 is 2.67 bits per heavy atom. The normalized spacial score (nSPS) is 36.2. The molecular weight excluding hydrogens is 150 g/mol. The van der Waals surface area contributed by atoms with Gasteiger partial charge in [0.15, 0.2) is 0 Å². The van der Waals surface area contributed by atoms with E-state index in [2.05, 4.69) is 18.7 Å². The van der Waals surface area contributed by atoms with Crippen LogP contribution in [0.5, 0.6) is 0 Å². The van der Waals surface area contributed by atoms with Crippen molar-refractivity contribution in [3.8, 4) is 0 Å². The van der Waals surface area contributed by atoms with E-state index in [4.69, 9.17) is 0 Å². The smallest absolute Gasteiger partial charge is 0.120 e. The molecule has 12 heavy (non-hydrogen) atoms. The lowest BCUT2D eigenvalue weighted by atomic mass is 10.0. The molecule has 0 amide bonds. The van der Waals surface area contributed by atoms with Crippen molar-refractivity contribution in [3.05, 3.63) is 0 Å². The molecule has 1 N–H and O–H groups in total. The standard InChI is InChI=1S/C10H21NO/c1-4-8-11(3)10(12)7-5-6-9(10)2/h9,12H,4-8H2,1-3H3/t9-,10-/m0/s1. The first-order chi connectivity index (χ1) is 5.61. The zero-order valence-corrected chi connectivity index (χ0v) is 8.51. The molecule has 0 aromatic rings. The highest BCUT2D eigenvalue weighted by atomic mass is 16.3. The van der Waals surface area contributed by atoms with Crippen LogP contribution in [0.2, 0.25) is 0 Å². The van der Waals surface area contributed by atoms with Gasteiger partial charge in [0.2, 0.25) is 0 Å². The van der Waals surface area contributed by atoms with Crippen molar-refractivity contribution in [1.82, 2.24) is 4.90 Å². The van der Waals surface area contributed by atoms with E-state index in [1.165, 1.54) is 12.8 Å². The monoisotopic (exact) mass is 171 g/mol. The lowest BCUT2D eigenvalue weighted by Gasteiger charge is -2.37. The summed E-state index contributed by atoms with van der Waals surface area (Å²) in [6.45, 7) is 5.31. The molecule has 0 aromatic heterocycles. The maximum atomic E-state index is 10.3. The molecule has 0 heterocycles. The fraction of sp³-hybridized carbons (Fsp3) is 1.00. The Bertz CT molecular complexity index is 149. The molecule has 1 aliphatic carbocycles. The summed E-state index contributed by atoms with van der Waals surface area (Å²) in [5.74, 6) is 0.439. The Morgan fingerprint density at radius 1 is 1.58 bits per heavy atom. The van der Waals surface area contributed by atoms with E-state index >= 15 is 0 Å². The minimum absolute atomic E-state index is 0.439. The SMILES string of the molecule is CCCN(C)[C@]1(O)CCC[C@@H]1C. The second kappa shape index (κ2) is 3.75. The highest BCUT2D eigenvalue weighted by Gasteiger charge is 2.41. The molecule has 0 aliphatic heterocycles. The summed E-state index contributed by atoms with van der Waals surface area (Å²) in [6.07, 6.45) is 4.41. The summed E-state index contributed by atoms with van der Waals surface area (Å²) in [5, 5.41) is 10.3. The zero-order valence-electron chi connectivity index (χ0n) is 8.51. The molecule has 72 valence electrons. The molecule has 0 bridgehead atoms. The van der Waals surface area contributed by atoms with Crippen LogP contribution in [-0.2, 0) is 0 Å². The van der Waals surface area contributed by atoms with E-state index in [1.54, 1.807) is 0 Å². The Morgan fingerprint density at radius 2 is 2.25 bits per heavy atom. The number of rotatable bonds is 3. The maximum Gasteiger partial charge on any atom is 0.120 e. The Kier molecular flexibility index (Phi) is 3.13. The lowest BCUT2D eigenvalue weighted by Crippen LogP contribution is -2.48. The Labute approximate surface area is 75.6 Å². The number of nitrogens with zero attached hydrogens (tertiary/aromatic N) is 1. The van der Waals surface area contributed by atoms with Gasteiger partial charge in [0.25, 0.3) is 0 Å². The van der Waals surface area contributed by atoms with E-state index < -0.39 is 5.72 Å². The molecule has 0 spiro atoms. The third-order valence-electron chi connectivity index (χ3n) is 3.19. The van der Waals surface area contributed by atoms with E-state index in [-0.39, 0.29) is 0 Å². The van der Waals surface area contributed by atoms with Gasteiger partial charge < -0.3 is 5.11 Å². The van der Waals surface area contributed by atoms with Gasteiger partial charge in [-0.3, -0.25) is 4.90 Å². The van der Waals surface area contributed by atoms with E-state index in [9.17, 15) is 5.11 Å². The van der Waals surface area contributed by atoms with Gasteiger partial charge >= 0.3 is 0 Å². The van der Waals surface area contributed by atoms with Crippen LogP contribution in [0.3, 0.4) is 0 Å². The van der Waals surface area contributed by atoms with Crippen molar-refractivity contribution in [2.24, 2.45) is 5.92 Å². The number of aliphatic hydroxyl groups is 1. The fourth-order valence-corrected chi connectivity index (χ4v) is 2.24. The molecule has 2 atom stereocenters. The molecule has 0 saturated heterocycles. The minimum atomic E-state index is -0.504. The van der Waals surface area contributed by atoms with Crippen LogP contribution in [0, 0.1) is 5.92 Å². The van der Waals surface area contributed by atoms with Crippen LogP contribution in [0.4, 0.5) is 0 Å². The predicted octanol–water partition coefficient (Wildman–Crippen LogP) is 1.84. The summed E-state index contributed by atoms with van der Waals surface area (Å²) in [4.78, 5) is 2.12. The van der Waals surface area contributed by atoms with Gasteiger partial charge in [-0.2, -0.15) is 0 Å². The van der Waals surface area contributed by atoms with Gasteiger partial charge in [0.05, 0.1) is 0 Å². The summed E-state index contributed by atoms with van der Waals surface area (Å²) < 4.78 is 0. The van der Waals surface area contributed by atoms with Crippen molar-refractivity contribution >= 4 is 0 Å². The summed E-state index contributed by atoms with van der Waals surface area (Å²) in [5.41, 5.74) is -0.504. The Balaban J connectivity index is 2.56. The third kappa shape index (κ3) is 1.64. The summed E-state index contributed by atoms with van der Waals surface area (Å²) >= 11 is 0. The molecule has 1 aliphatic rings. The average molecular weight is 171 g/mol. The molecule has 0 radical (unpaired) electrons. The quantitative estimate of drug-likeness (QED) is 0.655. The van der Waals surface area contributed by atoms with Gasteiger partial charge in [-0.05, 0) is 38.6 Å². The van der Waals surface area contributed by atoms with Crippen LogP contribution < -0.4 is 0 Å². The zero-order chi connectivity index (χ0) is 9.19. The maximum absolute atomic E-state index is 10.3. The van der Waals surface area contributed by atoms with Gasteiger partial charge in [0, 0.05) is 6.54 Å². The molecule has 0 aromatic carbocycles. The molecular formula is C10H21NO. The highest BCUT2D eigenvalue weighted by molar-refractivity contribution is 4.88. The predicted molar refractivity (Wildman–Crippen MR) is 50.9 cm³/mol. The van der Waals surface area contributed by atoms with Crippen LogP contribution in [0.1, 0.15) is 39.5 Å². The first kappa shape index (κ1) is 10.0. The number of hydrogen-bond donors (Lipinski definition) is 1. The van der Waals surface area contributed by atoms with Crippen LogP contribution in [-0.4, -0.2) is 29.3 Å². The molecule has 1 fully saturated rings. The average Bonchev–Trinajstić information content (AvgIpc) is 2.34. The largest absolute Gasteiger partial charge is 0.375 e. The highest BCUT2D eigenvalue weighted by Crippen LogP contribution is 2.37. The first-order valence-electron chi connectivity index (χ1n) is 5.05. The third-order valence-corrected chi connectivity index (χ3v) is 3.19. The number of hydrogen-bond acceptors (Lipinski definition) is 2. The lowest BCUT2D eigenvalue weighted by molar-refractivity contribution is -0.118. The molecule has 0 unspecified atom stereocenters. The van der Waals surface area contributed by atoms with Crippen molar-refractivity contribution in [1.29, 1.82) is 0 Å². The van der Waals surface area contributed by atoms with E-state index in [0.717, 1.165) is 19.4 Å². The van der Waals surface area contributed by atoms with Gasteiger partial charge in [-0.25, -0.2) is 0 Å². The minimum Gasteiger partial charge on any atom is -0.375 e. The first-order valence-corrected chi connectivity index (χ1v) is 5.05. The topological polar surface area (TPSA) is 23.5 Å². The van der Waals surface area contributed by atoms with E-state index in [1.807, 2.05) is 7.05 Å². The fourth-order valence-electron chi connectivity index (χ4n) is 2.24. The van der Waals surface area contributed by atoms with Gasteiger partial charge in [0.1, 0.15) is 5.72 Å². The van der Waals surface area contributed by atoms with Crippen molar-refractivity contribution in [2.75, 3.05) is 13.6 Å². The molecule has 1 saturated carbocycles. The summed E-state index contributed by atoms with van der Waals surface area (Å²) in [7, 11) is 2.03. The molecule has 1 rings (SSSR count). The molecule has 2 nitrogen and oxygen atoms in total. The van der Waals surface area contributed by atoms with Gasteiger partial charge in [-0.1, -0.05) is 13.8 Å². The second-order valence-corrected chi connectivity index (χ2v) is 4.09. The summed E-state index contributed by atoms with van der Waals surface area (Å²) in [6, 6.07) is 0. The van der Waals surface area contributed by atoms with Gasteiger partial charge in [-0.15, -0.1) is 0 Å². The van der Waals surface area contributed by atoms with E-state index in [0.29, 0.717) is 5.92 Å².